The van der Waals surface area contributed by atoms with Crippen molar-refractivity contribution < 1.29 is 10.0 Å². The van der Waals surface area contributed by atoms with Gasteiger partial charge in [-0.1, -0.05) is 43.3 Å². The van der Waals surface area contributed by atoms with Crippen LogP contribution in [0.4, 0.5) is 0 Å². The van der Waals surface area contributed by atoms with Gasteiger partial charge in [0, 0.05) is 18.7 Å². The number of oxime groups is 1. The Morgan fingerprint density at radius 1 is 1.29 bits per heavy atom. The van der Waals surface area contributed by atoms with Crippen LogP contribution in [0.3, 0.4) is 0 Å². The largest absolute Gasteiger partial charge is 0.409 e. The summed E-state index contributed by atoms with van der Waals surface area (Å²) in [6.45, 7) is 6.18. The fourth-order valence-electron chi connectivity index (χ4n) is 2.50. The van der Waals surface area contributed by atoms with Crippen LogP contribution in [0.15, 0.2) is 29.4 Å². The van der Waals surface area contributed by atoms with Gasteiger partial charge in [-0.15, -0.1) is 0 Å². The summed E-state index contributed by atoms with van der Waals surface area (Å²) < 4.78 is 0. The number of hydrogen-bond donors (Lipinski definition) is 2. The maximum Gasteiger partial charge on any atom is 0.226 e. The van der Waals surface area contributed by atoms with Gasteiger partial charge in [-0.05, 0) is 23.8 Å². The number of carbonyl (C=O) groups is 1. The molecule has 3 N–H and O–H groups in total. The molecule has 1 aromatic rings. The molecule has 114 valence electrons. The van der Waals surface area contributed by atoms with Crippen LogP contribution < -0.4 is 5.73 Å². The summed E-state index contributed by atoms with van der Waals surface area (Å²) in [5, 5.41) is 11.6. The van der Waals surface area contributed by atoms with Crippen LogP contribution in [0.5, 0.6) is 0 Å². The zero-order valence-corrected chi connectivity index (χ0v) is 12.7. The molecule has 5 heteroatoms. The number of hydrogen-bond acceptors (Lipinski definition) is 3. The zero-order valence-electron chi connectivity index (χ0n) is 12.7. The molecule has 1 heterocycles. The molecular formula is C16H23N3O2. The lowest BCUT2D eigenvalue weighted by Gasteiger charge is -2.37. The monoisotopic (exact) mass is 289 g/mol. The Bertz CT molecular complexity index is 525. The van der Waals surface area contributed by atoms with Crippen LogP contribution in [0.2, 0.25) is 0 Å². The number of piperidine rings is 1. The first kappa shape index (κ1) is 15.4. The Labute approximate surface area is 125 Å². The van der Waals surface area contributed by atoms with E-state index in [4.69, 9.17) is 10.9 Å². The van der Waals surface area contributed by atoms with E-state index in [1.54, 1.807) is 12.1 Å². The third-order valence-corrected chi connectivity index (χ3v) is 4.18. The van der Waals surface area contributed by atoms with Gasteiger partial charge in [0.05, 0.1) is 6.42 Å². The topological polar surface area (TPSA) is 78.9 Å². The normalized spacial score (nSPS) is 18.6. The number of rotatable bonds is 3. The summed E-state index contributed by atoms with van der Waals surface area (Å²) in [4.78, 5) is 14.2. The Morgan fingerprint density at radius 2 is 1.86 bits per heavy atom. The van der Waals surface area contributed by atoms with Crippen molar-refractivity contribution in [3.8, 4) is 0 Å². The fourth-order valence-corrected chi connectivity index (χ4v) is 2.50. The minimum Gasteiger partial charge on any atom is -0.409 e. The van der Waals surface area contributed by atoms with Gasteiger partial charge in [-0.3, -0.25) is 4.79 Å². The van der Waals surface area contributed by atoms with Crippen LogP contribution in [-0.4, -0.2) is 34.9 Å². The maximum absolute atomic E-state index is 12.3. The van der Waals surface area contributed by atoms with Crippen molar-refractivity contribution in [2.24, 2.45) is 16.3 Å². The summed E-state index contributed by atoms with van der Waals surface area (Å²) in [6, 6.07) is 7.21. The molecule has 0 bridgehead atoms. The molecule has 0 aromatic heterocycles. The van der Waals surface area contributed by atoms with E-state index in [2.05, 4.69) is 19.0 Å². The molecule has 5 nitrogen and oxygen atoms in total. The molecule has 1 fully saturated rings. The highest BCUT2D eigenvalue weighted by Crippen LogP contribution is 2.29. The highest BCUT2D eigenvalue weighted by atomic mass is 16.4. The predicted octanol–water partition coefficient (Wildman–Crippen LogP) is 1.97. The minimum atomic E-state index is 0.0751. The third kappa shape index (κ3) is 3.97. The second-order valence-corrected chi connectivity index (χ2v) is 6.40. The smallest absolute Gasteiger partial charge is 0.226 e. The third-order valence-electron chi connectivity index (χ3n) is 4.18. The van der Waals surface area contributed by atoms with Crippen LogP contribution in [0, 0.1) is 5.41 Å². The second-order valence-electron chi connectivity index (χ2n) is 6.40. The summed E-state index contributed by atoms with van der Waals surface area (Å²) >= 11 is 0. The number of likely N-dealkylation sites (tertiary alicyclic amines) is 1. The molecule has 0 unspecified atom stereocenters. The van der Waals surface area contributed by atoms with Gasteiger partial charge in [-0.2, -0.15) is 0 Å². The number of amides is 1. The van der Waals surface area contributed by atoms with Crippen LogP contribution >= 0.6 is 0 Å². The molecule has 1 saturated heterocycles. The van der Waals surface area contributed by atoms with E-state index in [1.807, 2.05) is 17.0 Å². The summed E-state index contributed by atoms with van der Waals surface area (Å²) in [6.07, 6.45) is 2.51. The van der Waals surface area contributed by atoms with Gasteiger partial charge < -0.3 is 15.8 Å². The van der Waals surface area contributed by atoms with E-state index in [-0.39, 0.29) is 11.7 Å². The molecule has 1 amide bonds. The fraction of sp³-hybridized carbons (Fsp3) is 0.500. The lowest BCUT2D eigenvalue weighted by Crippen LogP contribution is -2.41. The summed E-state index contributed by atoms with van der Waals surface area (Å²) in [7, 11) is 0. The predicted molar refractivity (Wildman–Crippen MR) is 82.3 cm³/mol. The second kappa shape index (κ2) is 6.16. The molecule has 0 saturated carbocycles. The molecule has 0 atom stereocenters. The highest BCUT2D eigenvalue weighted by molar-refractivity contribution is 5.97. The molecule has 21 heavy (non-hydrogen) atoms. The van der Waals surface area contributed by atoms with E-state index < -0.39 is 0 Å². The van der Waals surface area contributed by atoms with Gasteiger partial charge in [-0.25, -0.2) is 0 Å². The Morgan fingerprint density at radius 3 is 2.38 bits per heavy atom. The van der Waals surface area contributed by atoms with Crippen molar-refractivity contribution in [1.82, 2.24) is 4.90 Å². The number of nitrogens with two attached hydrogens (primary N) is 1. The molecule has 2 rings (SSSR count). The van der Waals surface area contributed by atoms with Gasteiger partial charge in [0.1, 0.15) is 0 Å². The van der Waals surface area contributed by atoms with E-state index in [9.17, 15) is 4.79 Å². The van der Waals surface area contributed by atoms with Crippen LogP contribution in [-0.2, 0) is 11.2 Å². The van der Waals surface area contributed by atoms with Crippen LogP contribution in [0.25, 0.3) is 0 Å². The number of nitrogens with zero attached hydrogens (tertiary/aromatic N) is 2. The first-order valence-electron chi connectivity index (χ1n) is 7.26. The SMILES string of the molecule is CC1(C)CCN(C(=O)Cc2ccc(C(N)=NO)cc2)CC1. The lowest BCUT2D eigenvalue weighted by atomic mass is 9.82. The van der Waals surface area contributed by atoms with E-state index >= 15 is 0 Å². The Hall–Kier alpha value is -2.04. The molecule has 1 aliphatic heterocycles. The molecule has 0 aliphatic carbocycles. The Kier molecular flexibility index (Phi) is 4.50. The standard InChI is InChI=1S/C16H23N3O2/c1-16(2)7-9-19(10-8-16)14(20)11-12-3-5-13(6-4-12)15(17)18-21/h3-6,21H,7-11H2,1-2H3,(H2,17,18). The van der Waals surface area contributed by atoms with E-state index in [0.29, 0.717) is 17.4 Å². The summed E-state index contributed by atoms with van der Waals surface area (Å²) in [5.74, 6) is 0.244. The van der Waals surface area contributed by atoms with Gasteiger partial charge in [0.15, 0.2) is 5.84 Å². The van der Waals surface area contributed by atoms with Crippen molar-refractivity contribution in [1.29, 1.82) is 0 Å². The minimum absolute atomic E-state index is 0.0751. The van der Waals surface area contributed by atoms with Crippen molar-refractivity contribution >= 4 is 11.7 Å². The maximum atomic E-state index is 12.3. The van der Waals surface area contributed by atoms with Crippen molar-refractivity contribution in [3.05, 3.63) is 35.4 Å². The van der Waals surface area contributed by atoms with Crippen molar-refractivity contribution in [3.63, 3.8) is 0 Å². The first-order valence-corrected chi connectivity index (χ1v) is 7.26. The average molecular weight is 289 g/mol. The average Bonchev–Trinajstić information content (AvgIpc) is 2.47. The molecule has 0 radical (unpaired) electrons. The number of benzene rings is 1. The molecular weight excluding hydrogens is 266 g/mol. The van der Waals surface area contributed by atoms with Gasteiger partial charge >= 0.3 is 0 Å². The summed E-state index contributed by atoms with van der Waals surface area (Å²) in [5.41, 5.74) is 7.45. The van der Waals surface area contributed by atoms with E-state index in [1.165, 1.54) is 0 Å². The highest BCUT2D eigenvalue weighted by Gasteiger charge is 2.27. The number of carbonyl (C=O) groups excluding carboxylic acids is 1. The molecule has 1 aromatic carbocycles. The van der Waals surface area contributed by atoms with Crippen LogP contribution in [0.1, 0.15) is 37.8 Å². The van der Waals surface area contributed by atoms with E-state index in [0.717, 1.165) is 31.5 Å². The zero-order chi connectivity index (χ0) is 15.5. The quantitative estimate of drug-likeness (QED) is 0.386. The number of amidine groups is 1. The molecule has 1 aliphatic rings. The molecule has 0 spiro atoms. The van der Waals surface area contributed by atoms with Crippen molar-refractivity contribution in [2.75, 3.05) is 13.1 Å². The Balaban J connectivity index is 1.94. The van der Waals surface area contributed by atoms with Gasteiger partial charge in [0.2, 0.25) is 5.91 Å². The van der Waals surface area contributed by atoms with Gasteiger partial charge in [0.25, 0.3) is 0 Å². The lowest BCUT2D eigenvalue weighted by molar-refractivity contribution is -0.132. The van der Waals surface area contributed by atoms with Crippen molar-refractivity contribution in [2.45, 2.75) is 33.1 Å². The first-order chi connectivity index (χ1) is 9.91.